The van der Waals surface area contributed by atoms with Gasteiger partial charge in [-0.15, -0.1) is 0 Å². The fourth-order valence-corrected chi connectivity index (χ4v) is 4.96. The first-order valence-corrected chi connectivity index (χ1v) is 12.4. The summed E-state index contributed by atoms with van der Waals surface area (Å²) in [6.07, 6.45) is 1.05. The summed E-state index contributed by atoms with van der Waals surface area (Å²) in [6, 6.07) is 10.2. The molecule has 3 heterocycles. The Balaban J connectivity index is 1.20. The fraction of sp³-hybridized carbons (Fsp3) is 0.444. The van der Waals surface area contributed by atoms with Crippen molar-refractivity contribution in [1.29, 1.82) is 0 Å². The van der Waals surface area contributed by atoms with Crippen LogP contribution in [0.3, 0.4) is 0 Å². The lowest BCUT2D eigenvalue weighted by atomic mass is 9.79. The Morgan fingerprint density at radius 2 is 1.75 bits per heavy atom. The van der Waals surface area contributed by atoms with E-state index in [0.717, 1.165) is 26.2 Å². The second-order valence-corrected chi connectivity index (χ2v) is 10.2. The lowest BCUT2D eigenvalue weighted by Crippen LogP contribution is -2.47. The van der Waals surface area contributed by atoms with Crippen molar-refractivity contribution in [3.05, 3.63) is 53.7 Å². The summed E-state index contributed by atoms with van der Waals surface area (Å²) in [5.74, 6) is -0.00665. The SMILES string of the molecule is Cc1nc2cc(C(=O)N3CCC(C)(C(=O)Nc4ccc(N5CCN(C)CC5)c(F)c4)CC3)ccc2o1. The van der Waals surface area contributed by atoms with Crippen molar-refractivity contribution < 1.29 is 18.4 Å². The number of hydrogen-bond donors (Lipinski definition) is 1. The van der Waals surface area contributed by atoms with Gasteiger partial charge in [-0.25, -0.2) is 9.37 Å². The number of anilines is 2. The minimum absolute atomic E-state index is 0.0819. The van der Waals surface area contributed by atoms with Crippen molar-refractivity contribution in [2.24, 2.45) is 5.41 Å². The smallest absolute Gasteiger partial charge is 0.253 e. The van der Waals surface area contributed by atoms with Crippen LogP contribution < -0.4 is 10.2 Å². The molecule has 1 N–H and O–H groups in total. The van der Waals surface area contributed by atoms with E-state index in [0.29, 0.717) is 59.9 Å². The molecule has 0 saturated carbocycles. The number of oxazole rings is 1. The van der Waals surface area contributed by atoms with Crippen LogP contribution in [-0.2, 0) is 4.79 Å². The number of carbonyl (C=O) groups excluding carboxylic acids is 2. The number of benzene rings is 2. The Kier molecular flexibility index (Phi) is 6.42. The Morgan fingerprint density at radius 3 is 2.44 bits per heavy atom. The molecule has 5 rings (SSSR count). The number of carbonyl (C=O) groups is 2. The maximum Gasteiger partial charge on any atom is 0.253 e. The molecule has 0 aliphatic carbocycles. The van der Waals surface area contributed by atoms with Gasteiger partial charge >= 0.3 is 0 Å². The Bertz CT molecular complexity index is 1290. The predicted octanol–water partition coefficient (Wildman–Crippen LogP) is 3.91. The van der Waals surface area contributed by atoms with Gasteiger partial charge in [0.05, 0.1) is 11.1 Å². The molecule has 2 saturated heterocycles. The topological polar surface area (TPSA) is 81.9 Å². The van der Waals surface area contributed by atoms with Gasteiger partial charge in [-0.3, -0.25) is 9.59 Å². The molecule has 0 radical (unpaired) electrons. The van der Waals surface area contributed by atoms with Gasteiger partial charge in [0, 0.05) is 57.4 Å². The van der Waals surface area contributed by atoms with Crippen LogP contribution in [0.1, 0.15) is 36.0 Å². The highest BCUT2D eigenvalue weighted by molar-refractivity contribution is 5.98. The zero-order valence-corrected chi connectivity index (χ0v) is 21.0. The average molecular weight is 494 g/mol. The van der Waals surface area contributed by atoms with Crippen LogP contribution in [0.4, 0.5) is 15.8 Å². The van der Waals surface area contributed by atoms with E-state index in [1.165, 1.54) is 6.07 Å². The number of piperazine rings is 1. The summed E-state index contributed by atoms with van der Waals surface area (Å²) >= 11 is 0. The highest BCUT2D eigenvalue weighted by Crippen LogP contribution is 2.34. The molecule has 36 heavy (non-hydrogen) atoms. The number of likely N-dealkylation sites (N-methyl/N-ethyl adjacent to an activating group) is 1. The van der Waals surface area contributed by atoms with E-state index < -0.39 is 5.41 Å². The summed E-state index contributed by atoms with van der Waals surface area (Å²) in [5.41, 5.74) is 2.24. The molecule has 2 aliphatic heterocycles. The molecule has 0 bridgehead atoms. The van der Waals surface area contributed by atoms with Crippen LogP contribution in [0.2, 0.25) is 0 Å². The molecular weight excluding hydrogens is 461 g/mol. The van der Waals surface area contributed by atoms with Crippen molar-refractivity contribution in [1.82, 2.24) is 14.8 Å². The standard InChI is InChI=1S/C27H32FN5O3/c1-18-29-22-16-19(4-7-24(22)36-18)25(34)33-10-8-27(2,9-11-33)26(35)30-20-5-6-23(21(28)17-20)32-14-12-31(3)13-15-32/h4-7,16-17H,8-15H2,1-3H3,(H,30,35). The number of piperidine rings is 1. The van der Waals surface area contributed by atoms with E-state index in [4.69, 9.17) is 4.42 Å². The Hall–Kier alpha value is -3.46. The number of fused-ring (bicyclic) bond motifs is 1. The number of aromatic nitrogens is 1. The quantitative estimate of drug-likeness (QED) is 0.594. The van der Waals surface area contributed by atoms with Crippen LogP contribution in [0, 0.1) is 18.2 Å². The number of hydrogen-bond acceptors (Lipinski definition) is 6. The highest BCUT2D eigenvalue weighted by atomic mass is 19.1. The van der Waals surface area contributed by atoms with E-state index >= 15 is 0 Å². The summed E-state index contributed by atoms with van der Waals surface area (Å²) in [7, 11) is 2.06. The first-order valence-electron chi connectivity index (χ1n) is 12.4. The molecule has 8 nitrogen and oxygen atoms in total. The second kappa shape index (κ2) is 9.54. The monoisotopic (exact) mass is 493 g/mol. The summed E-state index contributed by atoms with van der Waals surface area (Å²) in [5, 5.41) is 2.90. The largest absolute Gasteiger partial charge is 0.441 e. The number of likely N-dealkylation sites (tertiary alicyclic amines) is 1. The molecule has 2 aliphatic rings. The number of nitrogens with one attached hydrogen (secondary N) is 1. The minimum Gasteiger partial charge on any atom is -0.441 e. The molecule has 9 heteroatoms. The third-order valence-corrected chi connectivity index (χ3v) is 7.49. The number of rotatable bonds is 4. The minimum atomic E-state index is -0.642. The number of nitrogens with zero attached hydrogens (tertiary/aromatic N) is 4. The van der Waals surface area contributed by atoms with E-state index in [1.807, 2.05) is 11.8 Å². The Labute approximate surface area is 210 Å². The highest BCUT2D eigenvalue weighted by Gasteiger charge is 2.38. The number of halogens is 1. The lowest BCUT2D eigenvalue weighted by Gasteiger charge is -2.38. The van der Waals surface area contributed by atoms with Crippen molar-refractivity contribution in [3.63, 3.8) is 0 Å². The maximum atomic E-state index is 14.9. The molecule has 0 spiro atoms. The van der Waals surface area contributed by atoms with Crippen LogP contribution in [-0.4, -0.2) is 72.9 Å². The summed E-state index contributed by atoms with van der Waals surface area (Å²) < 4.78 is 20.4. The zero-order chi connectivity index (χ0) is 25.4. The zero-order valence-electron chi connectivity index (χ0n) is 21.0. The van der Waals surface area contributed by atoms with Crippen molar-refractivity contribution in [2.75, 3.05) is 56.5 Å². The van der Waals surface area contributed by atoms with Crippen LogP contribution >= 0.6 is 0 Å². The van der Waals surface area contributed by atoms with Gasteiger partial charge in [0.15, 0.2) is 11.5 Å². The van der Waals surface area contributed by atoms with E-state index in [1.54, 1.807) is 42.2 Å². The van der Waals surface area contributed by atoms with E-state index in [9.17, 15) is 14.0 Å². The van der Waals surface area contributed by atoms with Crippen LogP contribution in [0.15, 0.2) is 40.8 Å². The van der Waals surface area contributed by atoms with Gasteiger partial charge < -0.3 is 24.4 Å². The summed E-state index contributed by atoms with van der Waals surface area (Å²) in [4.78, 5) is 36.5. The van der Waals surface area contributed by atoms with Gasteiger partial charge in [0.1, 0.15) is 11.3 Å². The first-order chi connectivity index (χ1) is 17.2. The third-order valence-electron chi connectivity index (χ3n) is 7.49. The third kappa shape index (κ3) is 4.80. The van der Waals surface area contributed by atoms with Gasteiger partial charge in [0.25, 0.3) is 5.91 Å². The second-order valence-electron chi connectivity index (χ2n) is 10.2. The molecule has 1 aromatic heterocycles. The fourth-order valence-electron chi connectivity index (χ4n) is 4.96. The normalized spacial score (nSPS) is 18.4. The van der Waals surface area contributed by atoms with Crippen LogP contribution in [0.25, 0.3) is 11.1 Å². The van der Waals surface area contributed by atoms with Crippen molar-refractivity contribution in [3.8, 4) is 0 Å². The van der Waals surface area contributed by atoms with Gasteiger partial charge in [-0.2, -0.15) is 0 Å². The molecule has 2 fully saturated rings. The molecule has 0 atom stereocenters. The average Bonchev–Trinajstić information content (AvgIpc) is 3.24. The molecule has 2 amide bonds. The van der Waals surface area contributed by atoms with Crippen molar-refractivity contribution >= 4 is 34.3 Å². The van der Waals surface area contributed by atoms with Gasteiger partial charge in [-0.1, -0.05) is 6.92 Å². The first kappa shape index (κ1) is 24.2. The molecule has 190 valence electrons. The van der Waals surface area contributed by atoms with E-state index in [-0.39, 0.29) is 17.6 Å². The predicted molar refractivity (Wildman–Crippen MR) is 137 cm³/mol. The van der Waals surface area contributed by atoms with Crippen LogP contribution in [0.5, 0.6) is 0 Å². The Morgan fingerprint density at radius 1 is 1.03 bits per heavy atom. The molecule has 3 aromatic rings. The molecule has 2 aromatic carbocycles. The van der Waals surface area contributed by atoms with Gasteiger partial charge in [0.2, 0.25) is 5.91 Å². The summed E-state index contributed by atoms with van der Waals surface area (Å²) in [6.45, 7) is 7.95. The molecule has 0 unspecified atom stereocenters. The molecular formula is C27H32FN5O3. The van der Waals surface area contributed by atoms with E-state index in [2.05, 4.69) is 22.2 Å². The van der Waals surface area contributed by atoms with Gasteiger partial charge in [-0.05, 0) is 56.3 Å². The van der Waals surface area contributed by atoms with Crippen molar-refractivity contribution in [2.45, 2.75) is 26.7 Å². The maximum absolute atomic E-state index is 14.9. The number of amides is 2. The number of aryl methyl sites for hydroxylation is 1. The lowest BCUT2D eigenvalue weighted by molar-refractivity contribution is -0.127.